The van der Waals surface area contributed by atoms with Gasteiger partial charge in [-0.2, -0.15) is 5.10 Å². The molecule has 5 heteroatoms. The Morgan fingerprint density at radius 2 is 2.16 bits per heavy atom. The van der Waals surface area contributed by atoms with E-state index in [0.29, 0.717) is 6.04 Å². The van der Waals surface area contributed by atoms with Gasteiger partial charge < -0.3 is 5.32 Å². The monoisotopic (exact) mass is 341 g/mol. The Bertz CT molecular complexity index is 559. The molecule has 3 nitrogen and oxygen atoms in total. The Hall–Kier alpha value is -0.650. The van der Waals surface area contributed by atoms with Gasteiger partial charge in [-0.25, -0.2) is 0 Å². The molecule has 0 aliphatic heterocycles. The van der Waals surface area contributed by atoms with Gasteiger partial charge in [0.1, 0.15) is 0 Å². The smallest absolute Gasteiger partial charge is 0.0738 e. The summed E-state index contributed by atoms with van der Waals surface area (Å²) in [5.41, 5.74) is 2.30. The van der Waals surface area contributed by atoms with Crippen LogP contribution in [0, 0.1) is 13.8 Å². The summed E-state index contributed by atoms with van der Waals surface area (Å²) < 4.78 is 3.11. The van der Waals surface area contributed by atoms with E-state index >= 15 is 0 Å². The van der Waals surface area contributed by atoms with Crippen LogP contribution in [-0.4, -0.2) is 16.3 Å². The number of aromatic nitrogens is 2. The molecule has 0 aliphatic carbocycles. The molecule has 0 saturated carbocycles. The third kappa shape index (κ3) is 3.27. The molecule has 0 bridgehead atoms. The van der Waals surface area contributed by atoms with Crippen molar-refractivity contribution >= 4 is 27.3 Å². The first-order valence-electron chi connectivity index (χ1n) is 6.50. The molecule has 0 fully saturated rings. The van der Waals surface area contributed by atoms with Crippen molar-refractivity contribution in [2.24, 2.45) is 7.05 Å². The number of hydrogen-bond donors (Lipinski definition) is 1. The molecule has 19 heavy (non-hydrogen) atoms. The number of hydrogen-bond acceptors (Lipinski definition) is 3. The van der Waals surface area contributed by atoms with Gasteiger partial charge in [-0.3, -0.25) is 4.68 Å². The van der Waals surface area contributed by atoms with Crippen LogP contribution in [-0.2, 0) is 13.5 Å². The van der Waals surface area contributed by atoms with Crippen LogP contribution in [0.2, 0.25) is 0 Å². The topological polar surface area (TPSA) is 29.9 Å². The number of nitrogens with one attached hydrogen (secondary N) is 1. The molecular weight excluding hydrogens is 322 g/mol. The fourth-order valence-electron chi connectivity index (χ4n) is 2.26. The lowest BCUT2D eigenvalue weighted by Gasteiger charge is -2.17. The van der Waals surface area contributed by atoms with Gasteiger partial charge in [0.05, 0.1) is 15.9 Å². The van der Waals surface area contributed by atoms with E-state index in [1.165, 1.54) is 15.4 Å². The summed E-state index contributed by atoms with van der Waals surface area (Å²) in [6.45, 7) is 7.31. The molecule has 1 unspecified atom stereocenters. The number of aryl methyl sites for hydroxylation is 3. The minimum absolute atomic E-state index is 0.356. The lowest BCUT2D eigenvalue weighted by Crippen LogP contribution is -2.23. The predicted octanol–water partition coefficient (Wildman–Crippen LogP) is 3.75. The van der Waals surface area contributed by atoms with Crippen LogP contribution in [0.3, 0.4) is 0 Å². The Morgan fingerprint density at radius 1 is 1.42 bits per heavy atom. The molecule has 0 saturated heterocycles. The number of halogens is 1. The average molecular weight is 342 g/mol. The van der Waals surface area contributed by atoms with Crippen molar-refractivity contribution in [1.29, 1.82) is 0 Å². The van der Waals surface area contributed by atoms with Crippen LogP contribution < -0.4 is 5.32 Å². The van der Waals surface area contributed by atoms with E-state index in [9.17, 15) is 0 Å². The van der Waals surface area contributed by atoms with Gasteiger partial charge in [0.25, 0.3) is 0 Å². The highest BCUT2D eigenvalue weighted by Gasteiger charge is 2.18. The van der Waals surface area contributed by atoms with Crippen molar-refractivity contribution in [3.05, 3.63) is 37.7 Å². The van der Waals surface area contributed by atoms with E-state index < -0.39 is 0 Å². The van der Waals surface area contributed by atoms with Crippen LogP contribution in [0.5, 0.6) is 0 Å². The van der Waals surface area contributed by atoms with Crippen molar-refractivity contribution < 1.29 is 0 Å². The molecule has 1 N–H and O–H groups in total. The van der Waals surface area contributed by atoms with E-state index in [0.717, 1.165) is 23.1 Å². The van der Waals surface area contributed by atoms with E-state index in [-0.39, 0.29) is 0 Å². The van der Waals surface area contributed by atoms with E-state index in [4.69, 9.17) is 0 Å². The predicted molar refractivity (Wildman–Crippen MR) is 84.8 cm³/mol. The summed E-state index contributed by atoms with van der Waals surface area (Å²) in [5.74, 6) is 0. The van der Waals surface area contributed by atoms with Gasteiger partial charge in [0.2, 0.25) is 0 Å². The maximum absolute atomic E-state index is 4.47. The second-order valence-corrected chi connectivity index (χ2v) is 6.84. The fraction of sp³-hybridized carbons (Fsp3) is 0.500. The highest BCUT2D eigenvalue weighted by molar-refractivity contribution is 9.10. The Balaban J connectivity index is 2.26. The minimum atomic E-state index is 0.356. The molecule has 0 aromatic carbocycles. The van der Waals surface area contributed by atoms with Crippen molar-refractivity contribution in [1.82, 2.24) is 15.1 Å². The van der Waals surface area contributed by atoms with Gasteiger partial charge in [-0.15, -0.1) is 11.3 Å². The minimum Gasteiger partial charge on any atom is -0.309 e. The summed E-state index contributed by atoms with van der Waals surface area (Å²) in [7, 11) is 2.01. The van der Waals surface area contributed by atoms with Crippen molar-refractivity contribution in [2.75, 3.05) is 6.54 Å². The summed E-state index contributed by atoms with van der Waals surface area (Å²) in [6.07, 6.45) is 0.950. The molecule has 2 rings (SSSR count). The SMILES string of the molecule is CCNC(Cc1c(Br)c(C)nn1C)c1ccc(C)s1. The number of likely N-dealkylation sites (N-methyl/N-ethyl adjacent to an activating group) is 1. The third-order valence-corrected chi connectivity index (χ3v) is 5.36. The van der Waals surface area contributed by atoms with Gasteiger partial charge in [-0.05, 0) is 48.5 Å². The van der Waals surface area contributed by atoms with E-state index in [1.54, 1.807) is 0 Å². The van der Waals surface area contributed by atoms with Crippen LogP contribution >= 0.6 is 27.3 Å². The summed E-state index contributed by atoms with van der Waals surface area (Å²) >= 11 is 5.52. The maximum atomic E-state index is 4.47. The van der Waals surface area contributed by atoms with Crippen LogP contribution in [0.25, 0.3) is 0 Å². The van der Waals surface area contributed by atoms with Crippen molar-refractivity contribution in [3.8, 4) is 0 Å². The zero-order valence-corrected chi connectivity index (χ0v) is 14.2. The van der Waals surface area contributed by atoms with Gasteiger partial charge in [-0.1, -0.05) is 6.92 Å². The second kappa shape index (κ2) is 6.20. The summed E-state index contributed by atoms with van der Waals surface area (Å²) in [5, 5.41) is 8.04. The molecule has 104 valence electrons. The molecule has 0 aliphatic rings. The van der Waals surface area contributed by atoms with E-state index in [2.05, 4.69) is 52.3 Å². The second-order valence-electron chi connectivity index (χ2n) is 4.73. The summed E-state index contributed by atoms with van der Waals surface area (Å²) in [4.78, 5) is 2.75. The number of nitrogens with zero attached hydrogens (tertiary/aromatic N) is 2. The lowest BCUT2D eigenvalue weighted by molar-refractivity contribution is 0.535. The Kier molecular flexibility index (Phi) is 4.81. The molecule has 2 heterocycles. The van der Waals surface area contributed by atoms with Crippen LogP contribution in [0.1, 0.15) is 34.1 Å². The number of thiophene rings is 1. The fourth-order valence-corrected chi connectivity index (χ4v) is 3.71. The highest BCUT2D eigenvalue weighted by Crippen LogP contribution is 2.29. The summed E-state index contributed by atoms with van der Waals surface area (Å²) in [6, 6.07) is 4.77. The lowest BCUT2D eigenvalue weighted by atomic mass is 10.1. The first-order chi connectivity index (χ1) is 9.02. The van der Waals surface area contributed by atoms with Crippen LogP contribution in [0.15, 0.2) is 16.6 Å². The standard InChI is InChI=1S/C14H20BrN3S/c1-5-16-11(13-7-6-9(2)19-13)8-12-14(15)10(3)17-18(12)4/h6-7,11,16H,5,8H2,1-4H3. The van der Waals surface area contributed by atoms with Crippen molar-refractivity contribution in [2.45, 2.75) is 33.2 Å². The largest absolute Gasteiger partial charge is 0.309 e. The Labute approximate surface area is 127 Å². The van der Waals surface area contributed by atoms with E-state index in [1.807, 2.05) is 30.0 Å². The Morgan fingerprint density at radius 3 is 2.63 bits per heavy atom. The van der Waals surface area contributed by atoms with Crippen LogP contribution in [0.4, 0.5) is 0 Å². The molecule has 2 aromatic rings. The maximum Gasteiger partial charge on any atom is 0.0738 e. The van der Waals surface area contributed by atoms with Gasteiger partial charge >= 0.3 is 0 Å². The molecule has 2 aromatic heterocycles. The molecular formula is C14H20BrN3S. The molecule has 0 radical (unpaired) electrons. The molecule has 1 atom stereocenters. The average Bonchev–Trinajstić information content (AvgIpc) is 2.88. The van der Waals surface area contributed by atoms with Gasteiger partial charge in [0, 0.05) is 29.3 Å². The highest BCUT2D eigenvalue weighted by atomic mass is 79.9. The third-order valence-electron chi connectivity index (χ3n) is 3.21. The van der Waals surface area contributed by atoms with Gasteiger partial charge in [0.15, 0.2) is 0 Å². The zero-order valence-electron chi connectivity index (χ0n) is 11.8. The first kappa shape index (κ1) is 14.8. The normalized spacial score (nSPS) is 12.9. The number of rotatable bonds is 5. The first-order valence-corrected chi connectivity index (χ1v) is 8.11. The quantitative estimate of drug-likeness (QED) is 0.897. The molecule has 0 amide bonds. The molecule has 0 spiro atoms. The zero-order chi connectivity index (χ0) is 14.0. The van der Waals surface area contributed by atoms with Crippen molar-refractivity contribution in [3.63, 3.8) is 0 Å².